The lowest BCUT2D eigenvalue weighted by molar-refractivity contribution is -0.384. The van der Waals surface area contributed by atoms with Gasteiger partial charge < -0.3 is 9.64 Å². The van der Waals surface area contributed by atoms with Gasteiger partial charge in [0.05, 0.1) is 23.7 Å². The van der Waals surface area contributed by atoms with Crippen molar-refractivity contribution in [1.29, 1.82) is 5.26 Å². The summed E-state index contributed by atoms with van der Waals surface area (Å²) in [7, 11) is 0. The second kappa shape index (κ2) is 8.80. The van der Waals surface area contributed by atoms with E-state index in [1.54, 1.807) is 12.1 Å². The van der Waals surface area contributed by atoms with E-state index >= 15 is 0 Å². The summed E-state index contributed by atoms with van der Waals surface area (Å²) in [4.78, 5) is 17.7. The van der Waals surface area contributed by atoms with Crippen molar-refractivity contribution in [3.8, 4) is 6.07 Å². The zero-order valence-electron chi connectivity index (χ0n) is 16.1. The molecule has 4 rings (SSSR count). The number of nitro benzene ring substituents is 1. The first-order chi connectivity index (χ1) is 14.2. The van der Waals surface area contributed by atoms with E-state index in [0.717, 1.165) is 60.7 Å². The molecule has 1 aromatic heterocycles. The number of nitrogens with zero attached hydrogens (tertiary/aromatic N) is 4. The number of non-ortho nitro benzene ring substituents is 1. The van der Waals surface area contributed by atoms with Crippen molar-refractivity contribution in [3.63, 3.8) is 0 Å². The van der Waals surface area contributed by atoms with E-state index in [2.05, 4.69) is 11.0 Å². The molecule has 0 spiro atoms. The molecule has 8 heteroatoms. The summed E-state index contributed by atoms with van der Waals surface area (Å²) >= 11 is 1.53. The van der Waals surface area contributed by atoms with Gasteiger partial charge in [0.1, 0.15) is 16.9 Å². The first kappa shape index (κ1) is 19.7. The van der Waals surface area contributed by atoms with Gasteiger partial charge in [0.15, 0.2) is 0 Å². The van der Waals surface area contributed by atoms with Crippen LogP contribution < -0.4 is 4.90 Å². The van der Waals surface area contributed by atoms with Gasteiger partial charge in [-0.2, -0.15) is 5.26 Å². The topological polar surface area (TPSA) is 92.3 Å². The second-order valence-electron chi connectivity index (χ2n) is 7.20. The quantitative estimate of drug-likeness (QED) is 0.420. The maximum absolute atomic E-state index is 10.8. The number of hydrogen-bond donors (Lipinski definition) is 0. The normalized spacial score (nSPS) is 16.2. The van der Waals surface area contributed by atoms with Crippen molar-refractivity contribution >= 4 is 23.3 Å². The van der Waals surface area contributed by atoms with Crippen LogP contribution in [-0.4, -0.2) is 36.2 Å². The van der Waals surface area contributed by atoms with Crippen molar-refractivity contribution in [2.75, 3.05) is 31.2 Å². The molecule has 29 heavy (non-hydrogen) atoms. The Morgan fingerprint density at radius 3 is 2.52 bits per heavy atom. The van der Waals surface area contributed by atoms with Crippen LogP contribution in [0.4, 0.5) is 11.5 Å². The van der Waals surface area contributed by atoms with Crippen molar-refractivity contribution in [2.45, 2.75) is 36.5 Å². The standard InChI is InChI=1S/C21H22N4O3S/c22-13-19-17-3-1-2-4-18(17)20(24-9-11-28-12-10-24)23-21(19)29-14-15-5-7-16(8-6-15)25(26)27/h5-8H,1-4,9-12,14H2. The van der Waals surface area contributed by atoms with Gasteiger partial charge in [-0.1, -0.05) is 12.1 Å². The molecule has 0 radical (unpaired) electrons. The summed E-state index contributed by atoms with van der Waals surface area (Å²) in [5, 5.41) is 21.5. The molecule has 2 aliphatic rings. The van der Waals surface area contributed by atoms with Crippen LogP contribution in [0.3, 0.4) is 0 Å². The number of pyridine rings is 1. The minimum absolute atomic E-state index is 0.0815. The third-order valence-electron chi connectivity index (χ3n) is 5.41. The number of nitro groups is 1. The van der Waals surface area contributed by atoms with E-state index in [4.69, 9.17) is 9.72 Å². The van der Waals surface area contributed by atoms with E-state index in [1.807, 2.05) is 0 Å². The molecule has 1 fully saturated rings. The smallest absolute Gasteiger partial charge is 0.269 e. The number of aromatic nitrogens is 1. The third kappa shape index (κ3) is 4.21. The van der Waals surface area contributed by atoms with Crippen LogP contribution in [0.5, 0.6) is 0 Å². The number of benzene rings is 1. The summed E-state index contributed by atoms with van der Waals surface area (Å²) in [5.74, 6) is 1.62. The highest BCUT2D eigenvalue weighted by atomic mass is 32.2. The van der Waals surface area contributed by atoms with Gasteiger partial charge in [0.25, 0.3) is 5.69 Å². The highest BCUT2D eigenvalue weighted by Crippen LogP contribution is 2.37. The van der Waals surface area contributed by atoms with E-state index in [-0.39, 0.29) is 5.69 Å². The predicted octanol–water partition coefficient (Wildman–Crippen LogP) is 3.87. The van der Waals surface area contributed by atoms with Crippen molar-refractivity contribution in [3.05, 3.63) is 56.6 Å². The fourth-order valence-corrected chi connectivity index (χ4v) is 4.86. The minimum atomic E-state index is -0.398. The molecule has 1 aromatic carbocycles. The van der Waals surface area contributed by atoms with Crippen LogP contribution >= 0.6 is 11.8 Å². The number of morpholine rings is 1. The van der Waals surface area contributed by atoms with E-state index in [9.17, 15) is 15.4 Å². The molecule has 7 nitrogen and oxygen atoms in total. The first-order valence-corrected chi connectivity index (χ1v) is 10.8. The zero-order valence-corrected chi connectivity index (χ0v) is 16.9. The Morgan fingerprint density at radius 2 is 1.86 bits per heavy atom. The first-order valence-electron chi connectivity index (χ1n) is 9.82. The molecular formula is C21H22N4O3S. The lowest BCUT2D eigenvalue weighted by Crippen LogP contribution is -2.38. The van der Waals surface area contributed by atoms with Gasteiger partial charge >= 0.3 is 0 Å². The summed E-state index contributed by atoms with van der Waals surface area (Å²) < 4.78 is 5.50. The number of fused-ring (bicyclic) bond motifs is 1. The van der Waals surface area contributed by atoms with Gasteiger partial charge in [-0.3, -0.25) is 10.1 Å². The van der Waals surface area contributed by atoms with E-state index in [1.165, 1.54) is 29.5 Å². The molecule has 2 heterocycles. The average Bonchev–Trinajstić information content (AvgIpc) is 2.77. The fourth-order valence-electron chi connectivity index (χ4n) is 3.90. The molecule has 0 amide bonds. The lowest BCUT2D eigenvalue weighted by Gasteiger charge is -2.32. The SMILES string of the molecule is N#Cc1c(SCc2ccc([N+](=O)[O-])cc2)nc(N2CCOCC2)c2c1CCCC2. The summed E-state index contributed by atoms with van der Waals surface area (Å²) in [6, 6.07) is 8.95. The maximum Gasteiger partial charge on any atom is 0.269 e. The molecule has 0 bridgehead atoms. The van der Waals surface area contributed by atoms with Crippen LogP contribution in [-0.2, 0) is 23.3 Å². The zero-order chi connectivity index (χ0) is 20.2. The predicted molar refractivity (Wildman–Crippen MR) is 111 cm³/mol. The molecule has 0 atom stereocenters. The number of nitriles is 1. The fraction of sp³-hybridized carbons (Fsp3) is 0.429. The molecule has 2 aromatic rings. The maximum atomic E-state index is 10.8. The number of ether oxygens (including phenoxy) is 1. The molecule has 0 N–H and O–H groups in total. The van der Waals surface area contributed by atoms with Crippen molar-refractivity contribution < 1.29 is 9.66 Å². The Balaban J connectivity index is 1.64. The van der Waals surface area contributed by atoms with Crippen LogP contribution in [0.1, 0.15) is 35.1 Å². The minimum Gasteiger partial charge on any atom is -0.378 e. The number of rotatable bonds is 5. The monoisotopic (exact) mass is 410 g/mol. The summed E-state index contributed by atoms with van der Waals surface area (Å²) in [5.41, 5.74) is 4.13. The van der Waals surface area contributed by atoms with Gasteiger partial charge in [-0.25, -0.2) is 4.98 Å². The lowest BCUT2D eigenvalue weighted by atomic mass is 9.89. The summed E-state index contributed by atoms with van der Waals surface area (Å²) in [6.45, 7) is 3.03. The van der Waals surface area contributed by atoms with Crippen molar-refractivity contribution in [1.82, 2.24) is 4.98 Å². The average molecular weight is 410 g/mol. The number of hydrogen-bond acceptors (Lipinski definition) is 7. The molecule has 0 unspecified atom stereocenters. The second-order valence-corrected chi connectivity index (χ2v) is 8.17. The van der Waals surface area contributed by atoms with E-state index < -0.39 is 4.92 Å². The van der Waals surface area contributed by atoms with Gasteiger partial charge in [-0.15, -0.1) is 11.8 Å². The molecule has 1 aliphatic carbocycles. The Bertz CT molecular complexity index is 950. The van der Waals surface area contributed by atoms with Gasteiger partial charge in [-0.05, 0) is 42.4 Å². The summed E-state index contributed by atoms with van der Waals surface area (Å²) in [6.07, 6.45) is 4.12. The Labute approximate surface area is 173 Å². The van der Waals surface area contributed by atoms with Crippen molar-refractivity contribution in [2.24, 2.45) is 0 Å². The highest BCUT2D eigenvalue weighted by Gasteiger charge is 2.26. The molecule has 1 aliphatic heterocycles. The largest absolute Gasteiger partial charge is 0.378 e. The van der Waals surface area contributed by atoms with Crippen LogP contribution in [0, 0.1) is 21.4 Å². The highest BCUT2D eigenvalue weighted by molar-refractivity contribution is 7.98. The molecule has 150 valence electrons. The Hall–Kier alpha value is -2.63. The van der Waals surface area contributed by atoms with Gasteiger partial charge in [0.2, 0.25) is 0 Å². The van der Waals surface area contributed by atoms with Crippen LogP contribution in [0.15, 0.2) is 29.3 Å². The molecular weight excluding hydrogens is 388 g/mol. The molecule has 0 saturated carbocycles. The van der Waals surface area contributed by atoms with Gasteiger partial charge in [0, 0.05) is 31.0 Å². The molecule has 1 saturated heterocycles. The third-order valence-corrected chi connectivity index (χ3v) is 6.45. The van der Waals surface area contributed by atoms with E-state index in [0.29, 0.717) is 24.5 Å². The van der Waals surface area contributed by atoms with Crippen LogP contribution in [0.2, 0.25) is 0 Å². The van der Waals surface area contributed by atoms with Crippen LogP contribution in [0.25, 0.3) is 0 Å². The Kier molecular flexibility index (Phi) is 5.97. The number of anilines is 1. The number of thioether (sulfide) groups is 1. The Morgan fingerprint density at radius 1 is 1.17 bits per heavy atom.